The number of esters is 2. The van der Waals surface area contributed by atoms with Gasteiger partial charge in [-0.15, -0.1) is 0 Å². The number of hydrogen-bond donors (Lipinski definition) is 4. The summed E-state index contributed by atoms with van der Waals surface area (Å²) in [6.45, 7) is 2.63. The lowest BCUT2D eigenvalue weighted by atomic mass is 10.1. The molecule has 4 unspecified atom stereocenters. The zero-order valence-electron chi connectivity index (χ0n) is 34.1. The number of carbonyl (C=O) groups is 3. The highest BCUT2D eigenvalue weighted by Gasteiger charge is 2.28. The predicted molar refractivity (Wildman–Crippen MR) is 218 cm³/mol. The molecule has 13 heteroatoms. The number of ether oxygens (including phenoxy) is 2. The van der Waals surface area contributed by atoms with Crippen molar-refractivity contribution in [2.75, 3.05) is 19.8 Å². The fourth-order valence-corrected chi connectivity index (χ4v) is 6.33. The maximum Gasteiger partial charge on any atom is 0.472 e. The summed E-state index contributed by atoms with van der Waals surface area (Å²) < 4.78 is 32.6. The van der Waals surface area contributed by atoms with E-state index in [0.717, 1.165) is 96.3 Å². The number of phosphoric acid groups is 1. The van der Waals surface area contributed by atoms with Crippen LogP contribution in [0.3, 0.4) is 0 Å². The molecule has 12 nitrogen and oxygen atoms in total. The molecule has 0 bridgehead atoms. The Balaban J connectivity index is 4.47. The molecule has 0 aliphatic heterocycles. The van der Waals surface area contributed by atoms with Crippen molar-refractivity contribution in [3.05, 3.63) is 36.5 Å². The molecule has 320 valence electrons. The highest BCUT2D eigenvalue weighted by atomic mass is 31.2. The van der Waals surface area contributed by atoms with Crippen LogP contribution in [0.15, 0.2) is 36.5 Å². The first-order valence-electron chi connectivity index (χ1n) is 21.1. The number of aliphatic hydroxyl groups is 1. The first-order chi connectivity index (χ1) is 26.5. The van der Waals surface area contributed by atoms with Crippen molar-refractivity contribution >= 4 is 25.7 Å². The van der Waals surface area contributed by atoms with Gasteiger partial charge in [-0.2, -0.15) is 0 Å². The van der Waals surface area contributed by atoms with Crippen molar-refractivity contribution in [1.29, 1.82) is 0 Å². The Morgan fingerprint density at radius 1 is 0.636 bits per heavy atom. The number of rotatable bonds is 39. The van der Waals surface area contributed by atoms with Crippen molar-refractivity contribution in [2.24, 2.45) is 5.73 Å². The van der Waals surface area contributed by atoms with Gasteiger partial charge in [0.1, 0.15) is 12.6 Å². The Morgan fingerprint density at radius 2 is 1.13 bits per heavy atom. The normalized spacial score (nSPS) is 14.7. The number of aliphatic hydroxyl groups excluding tert-OH is 1. The summed E-state index contributed by atoms with van der Waals surface area (Å²) in [6, 6.07) is -1.53. The summed E-state index contributed by atoms with van der Waals surface area (Å²) >= 11 is 0. The van der Waals surface area contributed by atoms with Gasteiger partial charge in [0.05, 0.1) is 19.3 Å². The third kappa shape index (κ3) is 37.0. The Hall–Kier alpha value is -2.34. The molecule has 0 saturated carbocycles. The first-order valence-corrected chi connectivity index (χ1v) is 22.6. The van der Waals surface area contributed by atoms with Gasteiger partial charge in [-0.1, -0.05) is 140 Å². The van der Waals surface area contributed by atoms with E-state index < -0.39 is 57.2 Å². The average molecular weight is 802 g/mol. The van der Waals surface area contributed by atoms with Crippen LogP contribution in [0.5, 0.6) is 0 Å². The van der Waals surface area contributed by atoms with Gasteiger partial charge in [-0.25, -0.2) is 4.57 Å². The molecule has 55 heavy (non-hydrogen) atoms. The van der Waals surface area contributed by atoms with Crippen LogP contribution >= 0.6 is 7.82 Å². The summed E-state index contributed by atoms with van der Waals surface area (Å²) in [7, 11) is -4.73. The lowest BCUT2D eigenvalue weighted by Gasteiger charge is -2.20. The Morgan fingerprint density at radius 3 is 1.71 bits per heavy atom. The number of phosphoric ester groups is 1. The van der Waals surface area contributed by atoms with Gasteiger partial charge in [0.2, 0.25) is 0 Å². The smallest absolute Gasteiger partial charge is 0.472 e. The maximum absolute atomic E-state index is 12.6. The van der Waals surface area contributed by atoms with Gasteiger partial charge in [0.15, 0.2) is 6.10 Å². The lowest BCUT2D eigenvalue weighted by Crippen LogP contribution is -2.34. The first kappa shape index (κ1) is 52.7. The van der Waals surface area contributed by atoms with Gasteiger partial charge in [-0.3, -0.25) is 23.4 Å². The van der Waals surface area contributed by atoms with Gasteiger partial charge < -0.3 is 30.3 Å². The van der Waals surface area contributed by atoms with Crippen molar-refractivity contribution < 1.29 is 52.6 Å². The number of aliphatic carboxylic acids is 1. The van der Waals surface area contributed by atoms with E-state index in [1.807, 2.05) is 18.2 Å². The molecule has 0 heterocycles. The molecule has 0 rings (SSSR count). The van der Waals surface area contributed by atoms with Crippen LogP contribution in [-0.2, 0) is 37.5 Å². The number of carboxylic acid groups (broad SMARTS) is 1. The molecule has 0 aromatic rings. The van der Waals surface area contributed by atoms with Gasteiger partial charge in [0.25, 0.3) is 0 Å². The van der Waals surface area contributed by atoms with E-state index >= 15 is 0 Å². The maximum atomic E-state index is 12.6. The van der Waals surface area contributed by atoms with Crippen LogP contribution in [0.25, 0.3) is 0 Å². The zero-order valence-corrected chi connectivity index (χ0v) is 35.0. The fraction of sp³-hybridized carbons (Fsp3) is 0.786. The molecular formula is C42H76NO11P. The van der Waals surface area contributed by atoms with Crippen molar-refractivity contribution in [3.8, 4) is 0 Å². The Kier molecular flexibility index (Phi) is 35.7. The molecule has 0 saturated heterocycles. The number of nitrogens with two attached hydrogens (primary N) is 1. The van der Waals surface area contributed by atoms with Crippen LogP contribution < -0.4 is 5.73 Å². The zero-order chi connectivity index (χ0) is 40.8. The number of allylic oxidation sites excluding steroid dienone is 5. The fourth-order valence-electron chi connectivity index (χ4n) is 5.55. The topological polar surface area (TPSA) is 192 Å². The molecule has 0 amide bonds. The summed E-state index contributed by atoms with van der Waals surface area (Å²) in [4.78, 5) is 45.9. The quantitative estimate of drug-likeness (QED) is 0.0151. The second kappa shape index (κ2) is 37.2. The SMILES string of the molecule is CCCCCCCC/C=C\CCCCCCCC(=O)OCC(COP(=O)(O)OCC(N)C(=O)O)OC(=O)CCCCCCC/C=C\C=C\C(O)CCCCC. The van der Waals surface area contributed by atoms with E-state index in [0.29, 0.717) is 12.8 Å². The lowest BCUT2D eigenvalue weighted by molar-refractivity contribution is -0.161. The standard InChI is InChI=1S/C42H76NO11P/c1-3-5-7-8-9-10-11-12-13-14-15-18-21-24-28-32-40(45)51-34-38(35-52-55(49,50)53-36-39(43)42(47)48)54-41(46)33-29-25-22-19-16-17-20-23-27-31-37(44)30-26-6-4-2/h12-13,20,23,27,31,37-39,44H,3-11,14-19,21-22,24-26,28-30,32-36,43H2,1-2H3,(H,47,48)(H,49,50)/b13-12-,23-20-,31-27+. The Bertz CT molecular complexity index is 1100. The minimum Gasteiger partial charge on any atom is -0.480 e. The monoisotopic (exact) mass is 802 g/mol. The van der Waals surface area contributed by atoms with Crippen molar-refractivity contribution in [2.45, 2.75) is 193 Å². The number of carbonyl (C=O) groups excluding carboxylic acids is 2. The number of unbranched alkanes of at least 4 members (excludes halogenated alkanes) is 18. The van der Waals surface area contributed by atoms with Crippen LogP contribution in [0.1, 0.15) is 174 Å². The predicted octanol–water partition coefficient (Wildman–Crippen LogP) is 9.81. The van der Waals surface area contributed by atoms with E-state index in [1.165, 1.54) is 38.5 Å². The summed E-state index contributed by atoms with van der Waals surface area (Å²) in [5, 5.41) is 18.8. The molecule has 4 atom stereocenters. The van der Waals surface area contributed by atoms with Crippen molar-refractivity contribution in [3.63, 3.8) is 0 Å². The van der Waals surface area contributed by atoms with Gasteiger partial charge >= 0.3 is 25.7 Å². The molecular weight excluding hydrogens is 725 g/mol. The average Bonchev–Trinajstić information content (AvgIpc) is 3.15. The van der Waals surface area contributed by atoms with Gasteiger partial charge in [0, 0.05) is 12.8 Å². The van der Waals surface area contributed by atoms with Crippen LogP contribution in [0.4, 0.5) is 0 Å². The second-order valence-electron chi connectivity index (χ2n) is 14.3. The third-order valence-corrected chi connectivity index (χ3v) is 9.92. The second-order valence-corrected chi connectivity index (χ2v) is 15.8. The van der Waals surface area contributed by atoms with E-state index in [-0.39, 0.29) is 19.4 Å². The van der Waals surface area contributed by atoms with E-state index in [4.69, 9.17) is 24.8 Å². The largest absolute Gasteiger partial charge is 0.480 e. The molecule has 0 aromatic carbocycles. The minimum atomic E-state index is -4.73. The van der Waals surface area contributed by atoms with Crippen LogP contribution in [0, 0.1) is 0 Å². The highest BCUT2D eigenvalue weighted by molar-refractivity contribution is 7.47. The summed E-state index contributed by atoms with van der Waals surface area (Å²) in [5.41, 5.74) is 5.32. The van der Waals surface area contributed by atoms with Crippen molar-refractivity contribution in [1.82, 2.24) is 0 Å². The third-order valence-electron chi connectivity index (χ3n) is 8.96. The molecule has 0 spiro atoms. The minimum absolute atomic E-state index is 0.116. The molecule has 0 radical (unpaired) electrons. The molecule has 0 aromatic heterocycles. The summed E-state index contributed by atoms with van der Waals surface area (Å²) in [6.07, 6.45) is 35.3. The van der Waals surface area contributed by atoms with E-state index in [9.17, 15) is 28.9 Å². The van der Waals surface area contributed by atoms with Crippen LogP contribution in [-0.4, -0.2) is 71.1 Å². The van der Waals surface area contributed by atoms with E-state index in [1.54, 1.807) is 0 Å². The number of carboxylic acids is 1. The molecule has 0 aliphatic rings. The molecule has 0 fully saturated rings. The van der Waals surface area contributed by atoms with E-state index in [2.05, 4.69) is 36.6 Å². The van der Waals surface area contributed by atoms with Crippen LogP contribution in [0.2, 0.25) is 0 Å². The highest BCUT2D eigenvalue weighted by Crippen LogP contribution is 2.43. The molecule has 5 N–H and O–H groups in total. The van der Waals surface area contributed by atoms with Gasteiger partial charge in [-0.05, 0) is 57.8 Å². The number of hydrogen-bond acceptors (Lipinski definition) is 10. The summed E-state index contributed by atoms with van der Waals surface area (Å²) in [5.74, 6) is -2.45. The molecule has 0 aliphatic carbocycles. The Labute approximate surface area is 332 Å².